The van der Waals surface area contributed by atoms with Gasteiger partial charge in [-0.2, -0.15) is 0 Å². The second-order valence-electron chi connectivity index (χ2n) is 5.72. The molecule has 0 aliphatic carbocycles. The summed E-state index contributed by atoms with van der Waals surface area (Å²) in [5.74, 6) is 0.965. The summed E-state index contributed by atoms with van der Waals surface area (Å²) in [4.78, 5) is 14.6. The highest BCUT2D eigenvalue weighted by atomic mass is 16.2. The van der Waals surface area contributed by atoms with E-state index in [2.05, 4.69) is 31.0 Å². The highest BCUT2D eigenvalue weighted by molar-refractivity contribution is 5.86. The smallest absolute Gasteiger partial charge is 0.242 e. The van der Waals surface area contributed by atoms with Gasteiger partial charge in [0, 0.05) is 12.6 Å². The van der Waals surface area contributed by atoms with E-state index in [9.17, 15) is 4.79 Å². The van der Waals surface area contributed by atoms with Crippen molar-refractivity contribution in [1.82, 2.24) is 10.2 Å². The van der Waals surface area contributed by atoms with Gasteiger partial charge in [0.1, 0.15) is 0 Å². The Labute approximate surface area is 98.6 Å². The van der Waals surface area contributed by atoms with Gasteiger partial charge in [-0.25, -0.2) is 0 Å². The first-order valence-electron chi connectivity index (χ1n) is 6.61. The average Bonchev–Trinajstić information content (AvgIpc) is 2.70. The van der Waals surface area contributed by atoms with E-state index in [1.807, 2.05) is 0 Å². The molecule has 3 unspecified atom stereocenters. The zero-order chi connectivity index (χ0) is 11.8. The third kappa shape index (κ3) is 1.97. The maximum absolute atomic E-state index is 12.5. The molecule has 92 valence electrons. The topological polar surface area (TPSA) is 32.3 Å². The minimum Gasteiger partial charge on any atom is -0.338 e. The number of carbonyl (C=O) groups is 1. The first kappa shape index (κ1) is 11.9. The maximum Gasteiger partial charge on any atom is 0.242 e. The number of piperidine rings is 1. The van der Waals surface area contributed by atoms with Gasteiger partial charge in [-0.05, 0) is 52.0 Å². The molecule has 3 heteroatoms. The van der Waals surface area contributed by atoms with Gasteiger partial charge in [-0.15, -0.1) is 0 Å². The highest BCUT2D eigenvalue weighted by Gasteiger charge is 2.41. The number of hydrogen-bond acceptors (Lipinski definition) is 2. The van der Waals surface area contributed by atoms with Crippen molar-refractivity contribution >= 4 is 5.91 Å². The van der Waals surface area contributed by atoms with Crippen molar-refractivity contribution in [1.29, 1.82) is 0 Å². The molecular weight excluding hydrogens is 200 g/mol. The molecule has 3 atom stereocenters. The fourth-order valence-electron chi connectivity index (χ4n) is 3.02. The van der Waals surface area contributed by atoms with Crippen molar-refractivity contribution in [3.05, 3.63) is 0 Å². The number of likely N-dealkylation sites (tertiary alicyclic amines) is 1. The first-order chi connectivity index (χ1) is 7.54. The predicted octanol–water partition coefficient (Wildman–Crippen LogP) is 1.78. The fourth-order valence-corrected chi connectivity index (χ4v) is 3.02. The quantitative estimate of drug-likeness (QED) is 0.736. The summed E-state index contributed by atoms with van der Waals surface area (Å²) >= 11 is 0. The standard InChI is InChI=1S/C13H24N2O/c1-10-6-4-9-15(11(10)2)12(16)13(3)7-5-8-14-13/h10-11,14H,4-9H2,1-3H3. The molecule has 2 heterocycles. The van der Waals surface area contributed by atoms with Gasteiger partial charge in [0.15, 0.2) is 0 Å². The Morgan fingerprint density at radius 3 is 2.75 bits per heavy atom. The van der Waals surface area contributed by atoms with Crippen LogP contribution in [0.4, 0.5) is 0 Å². The monoisotopic (exact) mass is 224 g/mol. The molecule has 2 saturated heterocycles. The second-order valence-corrected chi connectivity index (χ2v) is 5.72. The van der Waals surface area contributed by atoms with Crippen LogP contribution < -0.4 is 5.32 Å². The molecule has 2 aliphatic rings. The van der Waals surface area contributed by atoms with E-state index in [1.165, 1.54) is 6.42 Å². The lowest BCUT2D eigenvalue weighted by Gasteiger charge is -2.41. The lowest BCUT2D eigenvalue weighted by atomic mass is 9.89. The van der Waals surface area contributed by atoms with Gasteiger partial charge >= 0.3 is 0 Å². The zero-order valence-electron chi connectivity index (χ0n) is 10.8. The molecule has 0 radical (unpaired) electrons. The molecule has 0 bridgehead atoms. The molecule has 2 rings (SSSR count). The summed E-state index contributed by atoms with van der Waals surface area (Å²) in [6.07, 6.45) is 4.53. The minimum absolute atomic E-state index is 0.286. The van der Waals surface area contributed by atoms with Gasteiger partial charge in [0.25, 0.3) is 0 Å². The number of hydrogen-bond donors (Lipinski definition) is 1. The molecule has 3 nitrogen and oxygen atoms in total. The van der Waals surface area contributed by atoms with Gasteiger partial charge in [-0.3, -0.25) is 4.79 Å². The molecule has 16 heavy (non-hydrogen) atoms. The molecule has 2 aliphatic heterocycles. The molecule has 2 fully saturated rings. The Balaban J connectivity index is 2.08. The van der Waals surface area contributed by atoms with E-state index >= 15 is 0 Å². The van der Waals surface area contributed by atoms with Crippen molar-refractivity contribution in [3.8, 4) is 0 Å². The summed E-state index contributed by atoms with van der Waals surface area (Å²) in [6.45, 7) is 8.45. The lowest BCUT2D eigenvalue weighted by molar-refractivity contribution is -0.141. The number of nitrogens with one attached hydrogen (secondary N) is 1. The highest BCUT2D eigenvalue weighted by Crippen LogP contribution is 2.28. The number of amides is 1. The lowest BCUT2D eigenvalue weighted by Crippen LogP contribution is -2.57. The molecule has 0 saturated carbocycles. The molecule has 1 N–H and O–H groups in total. The van der Waals surface area contributed by atoms with E-state index in [0.29, 0.717) is 17.9 Å². The van der Waals surface area contributed by atoms with Crippen LogP contribution in [0.3, 0.4) is 0 Å². The average molecular weight is 224 g/mol. The van der Waals surface area contributed by atoms with Crippen LogP contribution in [-0.4, -0.2) is 35.5 Å². The van der Waals surface area contributed by atoms with Crippen LogP contribution in [0.5, 0.6) is 0 Å². The van der Waals surface area contributed by atoms with Crippen molar-refractivity contribution in [2.45, 2.75) is 58.0 Å². The molecule has 0 aromatic carbocycles. The van der Waals surface area contributed by atoms with Crippen LogP contribution in [0.1, 0.15) is 46.5 Å². The van der Waals surface area contributed by atoms with Gasteiger partial charge in [-0.1, -0.05) is 6.92 Å². The van der Waals surface area contributed by atoms with Crippen LogP contribution in [0.25, 0.3) is 0 Å². The SMILES string of the molecule is CC1CCCN(C(=O)C2(C)CCCN2)C1C. The Bertz CT molecular complexity index is 271. The van der Waals surface area contributed by atoms with E-state index in [-0.39, 0.29) is 5.54 Å². The van der Waals surface area contributed by atoms with E-state index in [0.717, 1.165) is 32.4 Å². The summed E-state index contributed by atoms with van der Waals surface area (Å²) in [6, 6.07) is 0.403. The fraction of sp³-hybridized carbons (Fsp3) is 0.923. The Morgan fingerprint density at radius 1 is 1.38 bits per heavy atom. The third-order valence-electron chi connectivity index (χ3n) is 4.48. The van der Waals surface area contributed by atoms with Gasteiger partial charge < -0.3 is 10.2 Å². The summed E-state index contributed by atoms with van der Waals surface area (Å²) in [7, 11) is 0. The number of nitrogens with zero attached hydrogens (tertiary/aromatic N) is 1. The van der Waals surface area contributed by atoms with Crippen molar-refractivity contribution < 1.29 is 4.79 Å². The Kier molecular flexibility index (Phi) is 3.24. The van der Waals surface area contributed by atoms with Crippen LogP contribution >= 0.6 is 0 Å². The maximum atomic E-state index is 12.5. The van der Waals surface area contributed by atoms with Crippen molar-refractivity contribution in [2.75, 3.05) is 13.1 Å². The molecule has 0 aromatic heterocycles. The van der Waals surface area contributed by atoms with Gasteiger partial charge in [0.05, 0.1) is 5.54 Å². The van der Waals surface area contributed by atoms with Crippen LogP contribution in [0.2, 0.25) is 0 Å². The van der Waals surface area contributed by atoms with E-state index in [4.69, 9.17) is 0 Å². The summed E-state index contributed by atoms with van der Waals surface area (Å²) in [5.41, 5.74) is -0.286. The van der Waals surface area contributed by atoms with E-state index in [1.54, 1.807) is 0 Å². The van der Waals surface area contributed by atoms with E-state index < -0.39 is 0 Å². The van der Waals surface area contributed by atoms with Crippen LogP contribution in [0.15, 0.2) is 0 Å². The third-order valence-corrected chi connectivity index (χ3v) is 4.48. The Hall–Kier alpha value is -0.570. The summed E-state index contributed by atoms with van der Waals surface area (Å²) in [5, 5.41) is 3.37. The molecular formula is C13H24N2O. The molecule has 1 amide bonds. The summed E-state index contributed by atoms with van der Waals surface area (Å²) < 4.78 is 0. The van der Waals surface area contributed by atoms with Crippen molar-refractivity contribution in [3.63, 3.8) is 0 Å². The van der Waals surface area contributed by atoms with Crippen molar-refractivity contribution in [2.24, 2.45) is 5.92 Å². The Morgan fingerprint density at radius 2 is 2.12 bits per heavy atom. The number of rotatable bonds is 1. The second kappa shape index (κ2) is 4.36. The van der Waals surface area contributed by atoms with Crippen LogP contribution in [-0.2, 0) is 4.79 Å². The first-order valence-corrected chi connectivity index (χ1v) is 6.61. The predicted molar refractivity (Wildman–Crippen MR) is 65.2 cm³/mol. The number of carbonyl (C=O) groups excluding carboxylic acids is 1. The molecule has 0 aromatic rings. The molecule has 0 spiro atoms. The van der Waals surface area contributed by atoms with Gasteiger partial charge in [0.2, 0.25) is 5.91 Å². The zero-order valence-corrected chi connectivity index (χ0v) is 10.8. The van der Waals surface area contributed by atoms with Crippen LogP contribution in [0, 0.1) is 5.92 Å². The normalized spacial score (nSPS) is 40.1. The minimum atomic E-state index is -0.286. The largest absolute Gasteiger partial charge is 0.338 e.